The molecule has 0 atom stereocenters. The van der Waals surface area contributed by atoms with Crippen molar-refractivity contribution in [2.24, 2.45) is 0 Å². The van der Waals surface area contributed by atoms with Crippen molar-refractivity contribution in [3.8, 4) is 11.5 Å². The van der Waals surface area contributed by atoms with Crippen LogP contribution in [0.15, 0.2) is 42.4 Å². The molecule has 2 aromatic rings. The van der Waals surface area contributed by atoms with Crippen molar-refractivity contribution in [1.82, 2.24) is 4.98 Å². The van der Waals surface area contributed by atoms with Gasteiger partial charge in [-0.3, -0.25) is 9.78 Å². The Balaban J connectivity index is 1.77. The summed E-state index contributed by atoms with van der Waals surface area (Å²) in [5, 5.41) is 3.19. The third-order valence-corrected chi connectivity index (χ3v) is 4.47. The number of hydrogen-bond acceptors (Lipinski definition) is 5. The van der Waals surface area contributed by atoms with Crippen LogP contribution in [0.2, 0.25) is 10.0 Å². The summed E-state index contributed by atoms with van der Waals surface area (Å²) >= 11 is 12.1. The summed E-state index contributed by atoms with van der Waals surface area (Å²) in [5.41, 5.74) is 0.672. The second-order valence-corrected chi connectivity index (χ2v) is 6.56. The van der Waals surface area contributed by atoms with Gasteiger partial charge in [-0.25, -0.2) is 0 Å². The number of ether oxygens (including phenoxy) is 3. The van der Waals surface area contributed by atoms with Crippen LogP contribution in [0, 0.1) is 0 Å². The highest BCUT2D eigenvalue weighted by molar-refractivity contribution is 6.39. The van der Waals surface area contributed by atoms with Crippen LogP contribution in [0.1, 0.15) is 23.2 Å². The van der Waals surface area contributed by atoms with Crippen molar-refractivity contribution in [2.45, 2.75) is 12.8 Å². The zero-order chi connectivity index (χ0) is 19.2. The maximum atomic E-state index is 12.6. The lowest BCUT2D eigenvalue weighted by molar-refractivity contribution is 0.102. The van der Waals surface area contributed by atoms with Crippen molar-refractivity contribution >= 4 is 34.8 Å². The predicted molar refractivity (Wildman–Crippen MR) is 104 cm³/mol. The standard InChI is InChI=1S/C19H18Cl2N2O4/c1-25-16-6-5-12(8-17(16)27-11-13-4-2-3-7-26-13)19(24)23-18-14(20)9-22-10-15(18)21/h4-6,8-10H,2-3,7,11H2,1H3,(H,22,23,24). The number of nitrogens with zero attached hydrogens (tertiary/aromatic N) is 1. The molecule has 1 amide bonds. The van der Waals surface area contributed by atoms with Crippen molar-refractivity contribution in [2.75, 3.05) is 25.6 Å². The minimum atomic E-state index is -0.384. The lowest BCUT2D eigenvalue weighted by Gasteiger charge is -2.17. The lowest BCUT2D eigenvalue weighted by Crippen LogP contribution is -2.14. The first-order valence-electron chi connectivity index (χ1n) is 8.31. The molecule has 3 rings (SSSR count). The van der Waals surface area contributed by atoms with Gasteiger partial charge in [0.2, 0.25) is 0 Å². The van der Waals surface area contributed by atoms with E-state index in [1.165, 1.54) is 19.5 Å². The monoisotopic (exact) mass is 408 g/mol. The highest BCUT2D eigenvalue weighted by Gasteiger charge is 2.15. The van der Waals surface area contributed by atoms with Crippen molar-refractivity contribution in [3.63, 3.8) is 0 Å². The summed E-state index contributed by atoms with van der Waals surface area (Å²) in [7, 11) is 1.54. The number of methoxy groups -OCH3 is 1. The Labute approximate surface area is 167 Å². The summed E-state index contributed by atoms with van der Waals surface area (Å²) in [6.07, 6.45) is 6.78. The molecule has 8 heteroatoms. The number of benzene rings is 1. The van der Waals surface area contributed by atoms with E-state index in [0.29, 0.717) is 29.4 Å². The molecule has 6 nitrogen and oxygen atoms in total. The van der Waals surface area contributed by atoms with Gasteiger partial charge in [-0.05, 0) is 37.1 Å². The summed E-state index contributed by atoms with van der Waals surface area (Å²) < 4.78 is 16.6. The molecule has 0 spiro atoms. The quantitative estimate of drug-likeness (QED) is 0.748. The van der Waals surface area contributed by atoms with E-state index in [9.17, 15) is 4.79 Å². The van der Waals surface area contributed by atoms with Gasteiger partial charge < -0.3 is 19.5 Å². The highest BCUT2D eigenvalue weighted by Crippen LogP contribution is 2.31. The van der Waals surface area contributed by atoms with Crippen LogP contribution in [0.4, 0.5) is 5.69 Å². The first kappa shape index (κ1) is 19.3. The molecule has 1 N–H and O–H groups in total. The third kappa shape index (κ3) is 4.84. The lowest BCUT2D eigenvalue weighted by atomic mass is 10.2. The topological polar surface area (TPSA) is 69.7 Å². The maximum Gasteiger partial charge on any atom is 0.255 e. The van der Waals surface area contributed by atoms with E-state index in [2.05, 4.69) is 10.3 Å². The average Bonchev–Trinajstić information content (AvgIpc) is 2.69. The van der Waals surface area contributed by atoms with Crippen LogP contribution >= 0.6 is 23.2 Å². The summed E-state index contributed by atoms with van der Waals surface area (Å²) in [6, 6.07) is 4.89. The molecule has 0 unspecified atom stereocenters. The van der Waals surface area contributed by atoms with Crippen molar-refractivity contribution in [1.29, 1.82) is 0 Å². The van der Waals surface area contributed by atoms with E-state index < -0.39 is 0 Å². The highest BCUT2D eigenvalue weighted by atomic mass is 35.5. The number of carbonyl (C=O) groups excluding carboxylic acids is 1. The molecule has 142 valence electrons. The molecule has 0 radical (unpaired) electrons. The molecule has 27 heavy (non-hydrogen) atoms. The normalized spacial score (nSPS) is 13.4. The Bertz CT molecular complexity index is 851. The maximum absolute atomic E-state index is 12.6. The Kier molecular flexibility index (Phi) is 6.42. The number of aromatic nitrogens is 1. The van der Waals surface area contributed by atoms with Crippen LogP contribution in [0.3, 0.4) is 0 Å². The van der Waals surface area contributed by atoms with Gasteiger partial charge in [-0.1, -0.05) is 23.2 Å². The molecule has 1 aliphatic rings. The SMILES string of the molecule is COc1ccc(C(=O)Nc2c(Cl)cncc2Cl)cc1OCC1=CCCCO1. The fraction of sp³-hybridized carbons (Fsp3) is 0.263. The summed E-state index contributed by atoms with van der Waals surface area (Å²) in [6.45, 7) is 0.950. The van der Waals surface area contributed by atoms with E-state index in [4.69, 9.17) is 37.4 Å². The molecule has 0 saturated carbocycles. The number of pyridine rings is 1. The van der Waals surface area contributed by atoms with Gasteiger partial charge in [-0.15, -0.1) is 0 Å². The molecule has 0 aliphatic carbocycles. The predicted octanol–water partition coefficient (Wildman–Crippen LogP) is 4.72. The molecule has 2 heterocycles. The molecule has 1 aliphatic heterocycles. The van der Waals surface area contributed by atoms with Gasteiger partial charge in [0.05, 0.1) is 29.4 Å². The van der Waals surface area contributed by atoms with Gasteiger partial charge >= 0.3 is 0 Å². The number of nitrogens with one attached hydrogen (secondary N) is 1. The number of rotatable bonds is 6. The summed E-state index contributed by atoms with van der Waals surface area (Å²) in [5.74, 6) is 1.34. The van der Waals surface area contributed by atoms with Gasteiger partial charge in [0.15, 0.2) is 11.5 Å². The van der Waals surface area contributed by atoms with Gasteiger partial charge in [0.1, 0.15) is 12.4 Å². The minimum Gasteiger partial charge on any atom is -0.495 e. The number of hydrogen-bond donors (Lipinski definition) is 1. The molecule has 0 saturated heterocycles. The number of carbonyl (C=O) groups is 1. The molecular formula is C19H18Cl2N2O4. The van der Waals surface area contributed by atoms with E-state index in [0.717, 1.165) is 18.6 Å². The minimum absolute atomic E-state index is 0.252. The zero-order valence-electron chi connectivity index (χ0n) is 14.6. The molecule has 0 bridgehead atoms. The fourth-order valence-electron chi connectivity index (χ4n) is 2.51. The second-order valence-electron chi connectivity index (χ2n) is 5.75. The molecule has 1 aromatic carbocycles. The van der Waals surface area contributed by atoms with Crippen molar-refractivity contribution < 1.29 is 19.0 Å². The van der Waals surface area contributed by atoms with E-state index in [1.807, 2.05) is 6.08 Å². The largest absolute Gasteiger partial charge is 0.495 e. The number of halogens is 2. The van der Waals surface area contributed by atoms with E-state index >= 15 is 0 Å². The van der Waals surface area contributed by atoms with Crippen LogP contribution < -0.4 is 14.8 Å². The smallest absolute Gasteiger partial charge is 0.255 e. The van der Waals surface area contributed by atoms with Gasteiger partial charge in [0.25, 0.3) is 5.91 Å². The van der Waals surface area contributed by atoms with Crippen LogP contribution in [-0.2, 0) is 4.74 Å². The van der Waals surface area contributed by atoms with Crippen molar-refractivity contribution in [3.05, 3.63) is 58.0 Å². The Morgan fingerprint density at radius 2 is 2.04 bits per heavy atom. The summed E-state index contributed by atoms with van der Waals surface area (Å²) in [4.78, 5) is 16.5. The van der Waals surface area contributed by atoms with E-state index in [-0.39, 0.29) is 22.6 Å². The van der Waals surface area contributed by atoms with Gasteiger partial charge in [0, 0.05) is 18.0 Å². The Morgan fingerprint density at radius 3 is 2.70 bits per heavy atom. The second kappa shape index (κ2) is 8.97. The first-order chi connectivity index (χ1) is 13.1. The van der Waals surface area contributed by atoms with Crippen LogP contribution in [0.25, 0.3) is 0 Å². The molecule has 0 fully saturated rings. The average molecular weight is 409 g/mol. The number of amides is 1. The fourth-order valence-corrected chi connectivity index (χ4v) is 2.96. The zero-order valence-corrected chi connectivity index (χ0v) is 16.1. The molecule has 1 aromatic heterocycles. The van der Waals surface area contributed by atoms with Crippen LogP contribution in [-0.4, -0.2) is 31.2 Å². The van der Waals surface area contributed by atoms with Gasteiger partial charge in [-0.2, -0.15) is 0 Å². The first-order valence-corrected chi connectivity index (χ1v) is 9.07. The third-order valence-electron chi connectivity index (χ3n) is 3.90. The Hall–Kier alpha value is -2.44. The van der Waals surface area contributed by atoms with E-state index in [1.54, 1.807) is 18.2 Å². The van der Waals surface area contributed by atoms with Crippen LogP contribution in [0.5, 0.6) is 11.5 Å². The molecular weight excluding hydrogens is 391 g/mol. The Morgan fingerprint density at radius 1 is 1.26 bits per heavy atom. The number of anilines is 1. The number of allylic oxidation sites excluding steroid dienone is 1.